The highest BCUT2D eigenvalue weighted by molar-refractivity contribution is 6.06. The first-order chi connectivity index (χ1) is 18.5. The van der Waals surface area contributed by atoms with Gasteiger partial charge in [-0.15, -0.1) is 0 Å². The van der Waals surface area contributed by atoms with Crippen molar-refractivity contribution in [3.05, 3.63) is 81.9 Å². The molecule has 1 unspecified atom stereocenters. The monoisotopic (exact) mass is 531 g/mol. The molecule has 8 nitrogen and oxygen atoms in total. The first-order valence-electron chi connectivity index (χ1n) is 12.7. The standard InChI is InChI=1S/C31H33NO7/c1-18-19(2)29-22(20(3)28(18)34)14-15-31(4,39-29)17-38-25-12-10-21(16-26(25)37-5)11-13-27(33)32-24-9-7-6-8-23(24)30(35)36/h6-13,16,34H,14-15,17H2,1-5H3,(H,32,33)(H,35,36). The summed E-state index contributed by atoms with van der Waals surface area (Å²) in [5.41, 5.74) is 4.03. The third-order valence-corrected chi connectivity index (χ3v) is 7.16. The van der Waals surface area contributed by atoms with Crippen LogP contribution in [-0.2, 0) is 11.2 Å². The number of methoxy groups -OCH3 is 1. The zero-order chi connectivity index (χ0) is 28.3. The van der Waals surface area contributed by atoms with E-state index in [-0.39, 0.29) is 11.3 Å². The van der Waals surface area contributed by atoms with E-state index in [2.05, 4.69) is 5.32 Å². The van der Waals surface area contributed by atoms with Crippen LogP contribution in [0, 0.1) is 20.8 Å². The lowest BCUT2D eigenvalue weighted by Gasteiger charge is -2.37. The zero-order valence-corrected chi connectivity index (χ0v) is 22.8. The molecule has 3 N–H and O–H groups in total. The highest BCUT2D eigenvalue weighted by Gasteiger charge is 2.35. The van der Waals surface area contributed by atoms with Crippen molar-refractivity contribution in [2.45, 2.75) is 46.1 Å². The molecule has 1 aliphatic rings. The van der Waals surface area contributed by atoms with Crippen molar-refractivity contribution < 1.29 is 34.0 Å². The van der Waals surface area contributed by atoms with Gasteiger partial charge in [-0.3, -0.25) is 4.79 Å². The number of rotatable bonds is 8. The van der Waals surface area contributed by atoms with E-state index >= 15 is 0 Å². The molecular weight excluding hydrogens is 498 g/mol. The van der Waals surface area contributed by atoms with Gasteiger partial charge >= 0.3 is 5.97 Å². The van der Waals surface area contributed by atoms with E-state index in [9.17, 15) is 19.8 Å². The Morgan fingerprint density at radius 2 is 1.82 bits per heavy atom. The van der Waals surface area contributed by atoms with Crippen molar-refractivity contribution in [3.63, 3.8) is 0 Å². The molecule has 0 aromatic heterocycles. The molecule has 1 aliphatic heterocycles. The molecule has 0 radical (unpaired) electrons. The largest absolute Gasteiger partial charge is 0.507 e. The molecule has 39 heavy (non-hydrogen) atoms. The fourth-order valence-electron chi connectivity index (χ4n) is 4.66. The van der Waals surface area contributed by atoms with E-state index in [0.717, 1.165) is 40.8 Å². The summed E-state index contributed by atoms with van der Waals surface area (Å²) in [7, 11) is 1.54. The van der Waals surface area contributed by atoms with Gasteiger partial charge < -0.3 is 29.7 Å². The molecule has 0 bridgehead atoms. The summed E-state index contributed by atoms with van der Waals surface area (Å²) in [5.74, 6) is 0.612. The second-order valence-corrected chi connectivity index (χ2v) is 9.96. The zero-order valence-electron chi connectivity index (χ0n) is 22.8. The number of hydrogen-bond acceptors (Lipinski definition) is 6. The lowest BCUT2D eigenvalue weighted by atomic mass is 9.87. The number of phenols is 1. The Morgan fingerprint density at radius 1 is 1.08 bits per heavy atom. The number of amides is 1. The quantitative estimate of drug-likeness (QED) is 0.313. The normalized spacial score (nSPS) is 16.3. The van der Waals surface area contributed by atoms with Crippen LogP contribution in [0.2, 0.25) is 0 Å². The van der Waals surface area contributed by atoms with Gasteiger partial charge in [0, 0.05) is 11.6 Å². The van der Waals surface area contributed by atoms with E-state index in [1.54, 1.807) is 43.5 Å². The third kappa shape index (κ3) is 5.85. The Hall–Kier alpha value is -4.46. The first-order valence-corrected chi connectivity index (χ1v) is 12.7. The summed E-state index contributed by atoms with van der Waals surface area (Å²) in [5, 5.41) is 22.3. The summed E-state index contributed by atoms with van der Waals surface area (Å²) in [4.78, 5) is 23.7. The second kappa shape index (κ2) is 11.1. The molecule has 0 spiro atoms. The van der Waals surface area contributed by atoms with Crippen molar-refractivity contribution >= 4 is 23.6 Å². The number of hydrogen-bond donors (Lipinski definition) is 3. The molecule has 1 heterocycles. The number of carboxylic acids is 1. The molecule has 3 aromatic carbocycles. The van der Waals surface area contributed by atoms with Crippen molar-refractivity contribution in [1.29, 1.82) is 0 Å². The van der Waals surface area contributed by atoms with Crippen molar-refractivity contribution in [1.82, 2.24) is 0 Å². The number of carboxylic acid groups (broad SMARTS) is 1. The molecule has 0 saturated heterocycles. The molecule has 0 aliphatic carbocycles. The maximum Gasteiger partial charge on any atom is 0.337 e. The third-order valence-electron chi connectivity index (χ3n) is 7.16. The van der Waals surface area contributed by atoms with Gasteiger partial charge in [-0.2, -0.15) is 0 Å². The Bertz CT molecular complexity index is 1460. The van der Waals surface area contributed by atoms with Crippen LogP contribution in [0.25, 0.3) is 6.08 Å². The minimum absolute atomic E-state index is 0.0140. The van der Waals surface area contributed by atoms with Crippen molar-refractivity contribution in [3.8, 4) is 23.0 Å². The number of benzene rings is 3. The molecule has 3 aromatic rings. The van der Waals surface area contributed by atoms with Crippen LogP contribution >= 0.6 is 0 Å². The molecular formula is C31H33NO7. The summed E-state index contributed by atoms with van der Waals surface area (Å²) < 4.78 is 18.1. The number of ether oxygens (including phenoxy) is 3. The lowest BCUT2D eigenvalue weighted by Crippen LogP contribution is -2.42. The van der Waals surface area contributed by atoms with Gasteiger partial charge in [0.25, 0.3) is 0 Å². The maximum atomic E-state index is 12.4. The Morgan fingerprint density at radius 3 is 2.54 bits per heavy atom. The Kier molecular flexibility index (Phi) is 7.85. The number of anilines is 1. The molecule has 1 atom stereocenters. The van der Waals surface area contributed by atoms with Gasteiger partial charge in [-0.05, 0) is 93.1 Å². The molecule has 1 amide bonds. The van der Waals surface area contributed by atoms with Gasteiger partial charge in [0.15, 0.2) is 11.5 Å². The highest BCUT2D eigenvalue weighted by atomic mass is 16.6. The topological polar surface area (TPSA) is 114 Å². The molecule has 4 rings (SSSR count). The van der Waals surface area contributed by atoms with Crippen LogP contribution in [0.1, 0.15) is 51.5 Å². The fraction of sp³-hybridized carbons (Fsp3) is 0.290. The number of fused-ring (bicyclic) bond motifs is 1. The number of carbonyl (C=O) groups excluding carboxylic acids is 1. The average molecular weight is 532 g/mol. The number of nitrogens with one attached hydrogen (secondary N) is 1. The molecule has 0 saturated carbocycles. The van der Waals surface area contributed by atoms with Gasteiger partial charge in [-0.25, -0.2) is 4.79 Å². The highest BCUT2D eigenvalue weighted by Crippen LogP contribution is 2.43. The van der Waals surface area contributed by atoms with Crippen molar-refractivity contribution in [2.75, 3.05) is 19.0 Å². The number of carbonyl (C=O) groups is 2. The molecule has 204 valence electrons. The minimum atomic E-state index is -1.12. The van der Waals surface area contributed by atoms with Gasteiger partial charge in [-0.1, -0.05) is 18.2 Å². The second-order valence-electron chi connectivity index (χ2n) is 9.96. The Balaban J connectivity index is 1.44. The summed E-state index contributed by atoms with van der Waals surface area (Å²) in [6.07, 6.45) is 4.43. The Labute approximate surface area is 227 Å². The number of aromatic carboxylic acids is 1. The lowest BCUT2D eigenvalue weighted by molar-refractivity contribution is -0.111. The van der Waals surface area contributed by atoms with Gasteiger partial charge in [0.2, 0.25) is 5.91 Å². The summed E-state index contributed by atoms with van der Waals surface area (Å²) >= 11 is 0. The predicted molar refractivity (Wildman–Crippen MR) is 149 cm³/mol. The molecule has 8 heteroatoms. The van der Waals surface area contributed by atoms with Gasteiger partial charge in [0.1, 0.15) is 23.7 Å². The SMILES string of the molecule is COc1cc(C=CC(=O)Nc2ccccc2C(=O)O)ccc1OCC1(C)CCc2c(C)c(O)c(C)c(C)c2O1. The van der Waals surface area contributed by atoms with E-state index in [1.165, 1.54) is 18.2 Å². The summed E-state index contributed by atoms with van der Waals surface area (Å²) in [6, 6.07) is 11.5. The van der Waals surface area contributed by atoms with Crippen LogP contribution in [0.4, 0.5) is 5.69 Å². The fourth-order valence-corrected chi connectivity index (χ4v) is 4.66. The molecule has 0 fully saturated rings. The van der Waals surface area contributed by atoms with Crippen LogP contribution in [0.15, 0.2) is 48.5 Å². The average Bonchev–Trinajstić information content (AvgIpc) is 2.93. The van der Waals surface area contributed by atoms with Crippen LogP contribution < -0.4 is 19.5 Å². The van der Waals surface area contributed by atoms with E-state index in [1.807, 2.05) is 27.7 Å². The van der Waals surface area contributed by atoms with E-state index in [4.69, 9.17) is 14.2 Å². The summed E-state index contributed by atoms with van der Waals surface area (Å²) in [6.45, 7) is 8.07. The number of phenolic OH excluding ortho intramolecular Hbond substituents is 1. The van der Waals surface area contributed by atoms with Gasteiger partial charge in [0.05, 0.1) is 18.4 Å². The maximum absolute atomic E-state index is 12.4. The number of aromatic hydroxyl groups is 1. The smallest absolute Gasteiger partial charge is 0.337 e. The van der Waals surface area contributed by atoms with Crippen LogP contribution in [0.5, 0.6) is 23.0 Å². The minimum Gasteiger partial charge on any atom is -0.507 e. The van der Waals surface area contributed by atoms with Crippen LogP contribution in [0.3, 0.4) is 0 Å². The van der Waals surface area contributed by atoms with Crippen molar-refractivity contribution in [2.24, 2.45) is 0 Å². The predicted octanol–water partition coefficient (Wildman–Crippen LogP) is 5.84. The first kappa shape index (κ1) is 27.6. The van der Waals surface area contributed by atoms with E-state index < -0.39 is 17.5 Å². The number of para-hydroxylation sites is 1. The van der Waals surface area contributed by atoms with E-state index in [0.29, 0.717) is 29.4 Å². The van der Waals surface area contributed by atoms with Crippen LogP contribution in [-0.4, -0.2) is 41.4 Å².